The summed E-state index contributed by atoms with van der Waals surface area (Å²) in [5.74, 6) is 1.25. The van der Waals surface area contributed by atoms with Crippen molar-refractivity contribution in [1.82, 2.24) is 9.80 Å². The number of hydrogen-bond acceptors (Lipinski definition) is 3. The standard InChI is InChI=1S/C22H31ClN2O/c1-17-13-18(2)15-19(14-17)21-6-5-20(16-22(21)23)26-12-4-7-25-10-8-24(3)9-11-25/h5-6,13-14,16,19H,4,7-12,15H2,1-3H3. The number of nitrogens with zero attached hydrogens (tertiary/aromatic N) is 2. The number of piperazine rings is 1. The molecule has 1 atom stereocenters. The van der Waals surface area contributed by atoms with Crippen LogP contribution in [0, 0.1) is 0 Å². The first-order valence-electron chi connectivity index (χ1n) is 9.70. The van der Waals surface area contributed by atoms with E-state index >= 15 is 0 Å². The summed E-state index contributed by atoms with van der Waals surface area (Å²) < 4.78 is 5.94. The van der Waals surface area contributed by atoms with Gasteiger partial charge in [-0.15, -0.1) is 0 Å². The highest BCUT2D eigenvalue weighted by atomic mass is 35.5. The van der Waals surface area contributed by atoms with E-state index in [1.807, 2.05) is 6.07 Å². The van der Waals surface area contributed by atoms with Crippen LogP contribution in [0.5, 0.6) is 5.75 Å². The Bertz CT molecular complexity index is 675. The Kier molecular flexibility index (Phi) is 6.80. The molecule has 142 valence electrons. The number of allylic oxidation sites excluding steroid dienone is 4. The van der Waals surface area contributed by atoms with Crippen LogP contribution in [0.2, 0.25) is 5.02 Å². The van der Waals surface area contributed by atoms with Gasteiger partial charge in [-0.2, -0.15) is 0 Å². The topological polar surface area (TPSA) is 15.7 Å². The van der Waals surface area contributed by atoms with E-state index in [2.05, 4.69) is 55.0 Å². The smallest absolute Gasteiger partial charge is 0.120 e. The molecule has 1 heterocycles. The van der Waals surface area contributed by atoms with Crippen molar-refractivity contribution in [3.63, 3.8) is 0 Å². The summed E-state index contributed by atoms with van der Waals surface area (Å²) >= 11 is 6.56. The quantitative estimate of drug-likeness (QED) is 0.669. The molecule has 1 unspecified atom stereocenters. The maximum absolute atomic E-state index is 6.56. The van der Waals surface area contributed by atoms with Crippen LogP contribution in [-0.4, -0.2) is 56.2 Å². The number of hydrogen-bond donors (Lipinski definition) is 0. The summed E-state index contributed by atoms with van der Waals surface area (Å²) in [6.45, 7) is 10.9. The molecule has 3 rings (SSSR count). The molecule has 0 radical (unpaired) electrons. The minimum atomic E-state index is 0.374. The van der Waals surface area contributed by atoms with E-state index < -0.39 is 0 Å². The SMILES string of the molecule is CC1=CC(c2ccc(OCCCN3CCN(C)CC3)cc2Cl)CC(C)=C1. The average molecular weight is 375 g/mol. The van der Waals surface area contributed by atoms with Gasteiger partial charge in [0.2, 0.25) is 0 Å². The van der Waals surface area contributed by atoms with Gasteiger partial charge >= 0.3 is 0 Å². The second kappa shape index (κ2) is 9.07. The highest BCUT2D eigenvalue weighted by molar-refractivity contribution is 6.31. The van der Waals surface area contributed by atoms with Gasteiger partial charge in [-0.1, -0.05) is 41.0 Å². The Labute approximate surface area is 163 Å². The van der Waals surface area contributed by atoms with Gasteiger partial charge in [0.25, 0.3) is 0 Å². The summed E-state index contributed by atoms with van der Waals surface area (Å²) in [4.78, 5) is 4.91. The number of rotatable bonds is 6. The van der Waals surface area contributed by atoms with E-state index in [1.54, 1.807) is 0 Å². The van der Waals surface area contributed by atoms with Crippen LogP contribution in [0.3, 0.4) is 0 Å². The van der Waals surface area contributed by atoms with E-state index in [9.17, 15) is 0 Å². The predicted octanol–water partition coefficient (Wildman–Crippen LogP) is 4.74. The fourth-order valence-corrected chi connectivity index (χ4v) is 4.18. The van der Waals surface area contributed by atoms with Gasteiger partial charge in [-0.05, 0) is 51.4 Å². The Morgan fingerprint density at radius 1 is 1.15 bits per heavy atom. The van der Waals surface area contributed by atoms with E-state index in [0.717, 1.165) is 36.8 Å². The van der Waals surface area contributed by atoms with Gasteiger partial charge in [0.1, 0.15) is 5.75 Å². The fourth-order valence-electron chi connectivity index (χ4n) is 3.87. The molecule has 1 aromatic carbocycles. The second-order valence-electron chi connectivity index (χ2n) is 7.74. The summed E-state index contributed by atoms with van der Waals surface area (Å²) in [5, 5.41) is 0.810. The molecule has 0 N–H and O–H groups in total. The zero-order valence-electron chi connectivity index (χ0n) is 16.3. The molecule has 1 aromatic rings. The molecule has 0 amide bonds. The van der Waals surface area contributed by atoms with Gasteiger partial charge in [0.15, 0.2) is 0 Å². The van der Waals surface area contributed by atoms with Crippen molar-refractivity contribution in [3.8, 4) is 5.75 Å². The van der Waals surface area contributed by atoms with Crippen LogP contribution in [0.4, 0.5) is 0 Å². The van der Waals surface area contributed by atoms with Crippen molar-refractivity contribution in [2.75, 3.05) is 46.4 Å². The van der Waals surface area contributed by atoms with Crippen LogP contribution < -0.4 is 4.74 Å². The van der Waals surface area contributed by atoms with Gasteiger partial charge in [-0.25, -0.2) is 0 Å². The van der Waals surface area contributed by atoms with Gasteiger partial charge < -0.3 is 14.5 Å². The Hall–Kier alpha value is -1.29. The lowest BCUT2D eigenvalue weighted by atomic mass is 9.86. The van der Waals surface area contributed by atoms with Crippen molar-refractivity contribution in [2.24, 2.45) is 0 Å². The second-order valence-corrected chi connectivity index (χ2v) is 8.15. The maximum atomic E-state index is 6.56. The normalized spacial score (nSPS) is 22.1. The Morgan fingerprint density at radius 2 is 1.92 bits per heavy atom. The minimum Gasteiger partial charge on any atom is -0.493 e. The zero-order valence-corrected chi connectivity index (χ0v) is 17.1. The number of benzene rings is 1. The van der Waals surface area contributed by atoms with Gasteiger partial charge in [0, 0.05) is 43.7 Å². The molecular formula is C22H31ClN2O. The van der Waals surface area contributed by atoms with E-state index in [-0.39, 0.29) is 0 Å². The minimum absolute atomic E-state index is 0.374. The van der Waals surface area contributed by atoms with Crippen molar-refractivity contribution in [3.05, 3.63) is 52.1 Å². The molecule has 1 aliphatic heterocycles. The molecule has 26 heavy (non-hydrogen) atoms. The van der Waals surface area contributed by atoms with E-state index in [4.69, 9.17) is 16.3 Å². The van der Waals surface area contributed by atoms with E-state index in [1.165, 1.54) is 42.9 Å². The first kappa shape index (κ1) is 19.5. The van der Waals surface area contributed by atoms with Crippen molar-refractivity contribution in [1.29, 1.82) is 0 Å². The van der Waals surface area contributed by atoms with Crippen LogP contribution in [0.25, 0.3) is 0 Å². The van der Waals surface area contributed by atoms with Crippen LogP contribution >= 0.6 is 11.6 Å². The highest BCUT2D eigenvalue weighted by Gasteiger charge is 2.17. The first-order chi connectivity index (χ1) is 12.5. The number of halogens is 1. The molecule has 0 spiro atoms. The maximum Gasteiger partial charge on any atom is 0.120 e. The molecule has 0 aromatic heterocycles. The van der Waals surface area contributed by atoms with E-state index in [0.29, 0.717) is 5.92 Å². The number of ether oxygens (including phenoxy) is 1. The molecule has 3 nitrogen and oxygen atoms in total. The molecular weight excluding hydrogens is 344 g/mol. The third kappa shape index (κ3) is 5.35. The van der Waals surface area contributed by atoms with Crippen LogP contribution in [-0.2, 0) is 0 Å². The van der Waals surface area contributed by atoms with Crippen molar-refractivity contribution < 1.29 is 4.74 Å². The zero-order chi connectivity index (χ0) is 18.5. The molecule has 2 aliphatic rings. The molecule has 0 saturated carbocycles. The third-order valence-electron chi connectivity index (χ3n) is 5.33. The molecule has 0 bridgehead atoms. The molecule has 1 saturated heterocycles. The average Bonchev–Trinajstić information content (AvgIpc) is 2.59. The lowest BCUT2D eigenvalue weighted by Gasteiger charge is -2.32. The monoisotopic (exact) mass is 374 g/mol. The predicted molar refractivity (Wildman–Crippen MR) is 110 cm³/mol. The van der Waals surface area contributed by atoms with Crippen molar-refractivity contribution in [2.45, 2.75) is 32.6 Å². The molecule has 1 aliphatic carbocycles. The lowest BCUT2D eigenvalue weighted by molar-refractivity contribution is 0.145. The van der Waals surface area contributed by atoms with Crippen LogP contribution in [0.15, 0.2) is 41.5 Å². The Balaban J connectivity index is 1.48. The third-order valence-corrected chi connectivity index (χ3v) is 5.66. The summed E-state index contributed by atoms with van der Waals surface area (Å²) in [7, 11) is 2.19. The summed E-state index contributed by atoms with van der Waals surface area (Å²) in [6, 6.07) is 6.17. The highest BCUT2D eigenvalue weighted by Crippen LogP contribution is 2.36. The van der Waals surface area contributed by atoms with Gasteiger partial charge in [-0.3, -0.25) is 0 Å². The van der Waals surface area contributed by atoms with Crippen LogP contribution in [0.1, 0.15) is 38.2 Å². The molecule has 4 heteroatoms. The fraction of sp³-hybridized carbons (Fsp3) is 0.545. The Morgan fingerprint density at radius 3 is 2.62 bits per heavy atom. The van der Waals surface area contributed by atoms with Gasteiger partial charge in [0.05, 0.1) is 6.61 Å². The summed E-state index contributed by atoms with van der Waals surface area (Å²) in [6.07, 6.45) is 6.66. The molecule has 1 fully saturated rings. The first-order valence-corrected chi connectivity index (χ1v) is 10.1. The largest absolute Gasteiger partial charge is 0.493 e. The summed E-state index contributed by atoms with van der Waals surface area (Å²) in [5.41, 5.74) is 3.93. The van der Waals surface area contributed by atoms with Crippen molar-refractivity contribution >= 4 is 11.6 Å². The number of likely N-dealkylation sites (N-methyl/N-ethyl adjacent to an activating group) is 1. The lowest BCUT2D eigenvalue weighted by Crippen LogP contribution is -2.44.